The smallest absolute Gasteiger partial charge is 0.306 e. The van der Waals surface area contributed by atoms with E-state index < -0.39 is 33.7 Å². The molecule has 9 nitrogen and oxygen atoms in total. The first-order valence-electron chi connectivity index (χ1n) is 12.3. The molecule has 1 N–H and O–H groups in total. The Morgan fingerprint density at radius 3 is 2.36 bits per heavy atom. The van der Waals surface area contributed by atoms with Crippen LogP contribution in [0.3, 0.4) is 0 Å². The van der Waals surface area contributed by atoms with E-state index in [4.69, 9.17) is 4.74 Å². The minimum atomic E-state index is -0.976. The van der Waals surface area contributed by atoms with Crippen LogP contribution in [0.2, 0.25) is 0 Å². The number of aromatic nitrogens is 3. The Hall–Kier alpha value is -4.25. The fraction of sp³-hybridized carbons (Fsp3) is 0.250. The van der Waals surface area contributed by atoms with E-state index in [1.54, 1.807) is 6.92 Å². The molecule has 3 aromatic carbocycles. The van der Waals surface area contributed by atoms with Crippen molar-refractivity contribution < 1.29 is 18.8 Å². The number of carbonyl (C=O) groups excluding carboxylic acids is 1. The van der Waals surface area contributed by atoms with Gasteiger partial charge >= 0.3 is 5.69 Å². The molecule has 0 aliphatic heterocycles. The first-order chi connectivity index (χ1) is 18.6. The number of hydrogen-bond donors (Lipinski definition) is 1. The van der Waals surface area contributed by atoms with Gasteiger partial charge in [0.25, 0.3) is 0 Å². The molecule has 39 heavy (non-hydrogen) atoms. The number of halogens is 1. The van der Waals surface area contributed by atoms with Gasteiger partial charge in [0, 0.05) is 17.4 Å². The van der Waals surface area contributed by atoms with E-state index >= 15 is 0 Å². The number of nitrogens with zero attached hydrogens (tertiary/aromatic N) is 4. The van der Waals surface area contributed by atoms with Gasteiger partial charge in [-0.25, -0.2) is 0 Å². The van der Waals surface area contributed by atoms with Gasteiger partial charge in [-0.15, -0.1) is 10.2 Å². The number of nitrogens with one attached hydrogen (secondary N) is 1. The van der Waals surface area contributed by atoms with E-state index in [1.165, 1.54) is 23.4 Å². The number of nitro benzene ring substituents is 1. The highest BCUT2D eigenvalue weighted by molar-refractivity contribution is 8.00. The van der Waals surface area contributed by atoms with Gasteiger partial charge in [0.1, 0.15) is 5.75 Å². The molecule has 4 rings (SSSR count). The van der Waals surface area contributed by atoms with Gasteiger partial charge in [-0.05, 0) is 61.7 Å². The molecule has 4 aromatic rings. The fourth-order valence-electron chi connectivity index (χ4n) is 3.81. The number of rotatable bonds is 10. The second-order valence-corrected chi connectivity index (χ2v) is 10.5. The summed E-state index contributed by atoms with van der Waals surface area (Å²) in [5.41, 5.74) is 1.42. The number of ether oxygens (including phenoxy) is 1. The minimum Gasteiger partial charge on any atom is -0.483 e. The summed E-state index contributed by atoms with van der Waals surface area (Å²) in [5.74, 6) is 0.258. The molecule has 11 heteroatoms. The minimum absolute atomic E-state index is 0.122. The van der Waals surface area contributed by atoms with Crippen LogP contribution in [0.1, 0.15) is 51.1 Å². The van der Waals surface area contributed by atoms with Crippen molar-refractivity contribution in [2.24, 2.45) is 0 Å². The van der Waals surface area contributed by atoms with E-state index in [1.807, 2.05) is 66.1 Å². The summed E-state index contributed by atoms with van der Waals surface area (Å²) in [4.78, 5) is 23.1. The molecule has 2 unspecified atom stereocenters. The predicted molar refractivity (Wildman–Crippen MR) is 148 cm³/mol. The number of amides is 1. The Morgan fingerprint density at radius 2 is 1.72 bits per heavy atom. The summed E-state index contributed by atoms with van der Waals surface area (Å²) < 4.78 is 21.7. The molecule has 1 amide bonds. The molecule has 0 spiro atoms. The second kappa shape index (κ2) is 12.1. The fourth-order valence-corrected chi connectivity index (χ4v) is 4.69. The van der Waals surface area contributed by atoms with Crippen LogP contribution < -0.4 is 10.1 Å². The first kappa shape index (κ1) is 27.8. The van der Waals surface area contributed by atoms with Crippen molar-refractivity contribution in [2.75, 3.05) is 5.32 Å². The lowest BCUT2D eigenvalue weighted by molar-refractivity contribution is -0.387. The van der Waals surface area contributed by atoms with Gasteiger partial charge in [0.05, 0.1) is 10.2 Å². The maximum atomic E-state index is 13.7. The largest absolute Gasteiger partial charge is 0.483 e. The van der Waals surface area contributed by atoms with Gasteiger partial charge in [0.2, 0.25) is 11.7 Å². The molecule has 0 radical (unpaired) electrons. The topological polar surface area (TPSA) is 112 Å². The maximum absolute atomic E-state index is 13.7. The zero-order valence-corrected chi connectivity index (χ0v) is 22.7. The third kappa shape index (κ3) is 6.61. The molecule has 1 heterocycles. The number of nitro groups is 1. The Labute approximate surface area is 229 Å². The van der Waals surface area contributed by atoms with E-state index in [2.05, 4.69) is 29.4 Å². The molecular formula is C28H28FN5O4S. The van der Waals surface area contributed by atoms with Crippen molar-refractivity contribution in [1.29, 1.82) is 0 Å². The van der Waals surface area contributed by atoms with Crippen molar-refractivity contribution >= 4 is 29.0 Å². The van der Waals surface area contributed by atoms with Gasteiger partial charge in [-0.1, -0.05) is 55.9 Å². The Kier molecular flexibility index (Phi) is 8.60. The molecule has 0 saturated carbocycles. The highest BCUT2D eigenvalue weighted by Gasteiger charge is 2.25. The predicted octanol–water partition coefficient (Wildman–Crippen LogP) is 6.70. The van der Waals surface area contributed by atoms with E-state index in [-0.39, 0.29) is 5.69 Å². The van der Waals surface area contributed by atoms with E-state index in [0.29, 0.717) is 22.6 Å². The summed E-state index contributed by atoms with van der Waals surface area (Å²) in [5, 5.41) is 22.2. The summed E-state index contributed by atoms with van der Waals surface area (Å²) >= 11 is 1.17. The van der Waals surface area contributed by atoms with Crippen LogP contribution in [0.25, 0.3) is 5.69 Å². The number of anilines is 1. The van der Waals surface area contributed by atoms with Crippen LogP contribution in [-0.2, 0) is 4.79 Å². The Morgan fingerprint density at radius 1 is 1.03 bits per heavy atom. The normalized spacial score (nSPS) is 12.7. The van der Waals surface area contributed by atoms with Crippen LogP contribution in [0.15, 0.2) is 78.0 Å². The van der Waals surface area contributed by atoms with Crippen LogP contribution >= 0.6 is 11.8 Å². The lowest BCUT2D eigenvalue weighted by Gasteiger charge is -2.18. The Bertz CT molecular complexity index is 1460. The van der Waals surface area contributed by atoms with Gasteiger partial charge in [0.15, 0.2) is 17.1 Å². The number of hydrogen-bond acceptors (Lipinski definition) is 7. The number of benzene rings is 3. The quantitative estimate of drug-likeness (QED) is 0.133. The van der Waals surface area contributed by atoms with Gasteiger partial charge < -0.3 is 10.1 Å². The molecule has 0 saturated heterocycles. The highest BCUT2D eigenvalue weighted by atomic mass is 32.2. The lowest BCUT2D eigenvalue weighted by Crippen LogP contribution is -2.23. The number of para-hydroxylation sites is 1. The van der Waals surface area contributed by atoms with Gasteiger partial charge in [-0.3, -0.25) is 19.5 Å². The first-order valence-corrected chi connectivity index (χ1v) is 13.2. The van der Waals surface area contributed by atoms with Gasteiger partial charge in [-0.2, -0.15) is 4.39 Å². The highest BCUT2D eigenvalue weighted by Crippen LogP contribution is 2.31. The van der Waals surface area contributed by atoms with Crippen molar-refractivity contribution in [3.8, 4) is 11.4 Å². The maximum Gasteiger partial charge on any atom is 0.306 e. The third-order valence-electron chi connectivity index (χ3n) is 5.96. The van der Waals surface area contributed by atoms with Crippen molar-refractivity contribution in [1.82, 2.24) is 14.8 Å². The van der Waals surface area contributed by atoms with Crippen molar-refractivity contribution in [3.63, 3.8) is 0 Å². The molecule has 0 aliphatic carbocycles. The standard InChI is InChI=1S/C28H28FN5O4S/c1-17(2)20-10-13-23(14-11-20)38-18(3)26-31-32-28(33(26)22-8-6-5-7-9-22)39-19(4)27(35)30-21-12-15-24(29)25(16-21)34(36)37/h5-19H,1-4H3,(H,30,35). The Balaban J connectivity index is 1.56. The average molecular weight is 550 g/mol. The molecule has 0 fully saturated rings. The molecule has 0 bridgehead atoms. The molecule has 202 valence electrons. The van der Waals surface area contributed by atoms with E-state index in [0.717, 1.165) is 17.8 Å². The molecule has 0 aliphatic rings. The summed E-state index contributed by atoms with van der Waals surface area (Å²) in [6.45, 7) is 7.82. The van der Waals surface area contributed by atoms with Crippen LogP contribution in [0, 0.1) is 15.9 Å². The SMILES string of the molecule is CC(Sc1nnc(C(C)Oc2ccc(C(C)C)cc2)n1-c1ccccc1)C(=O)Nc1ccc(F)c([N+](=O)[O-])c1. The molecule has 2 atom stereocenters. The van der Waals surface area contributed by atoms with Crippen LogP contribution in [0.4, 0.5) is 15.8 Å². The lowest BCUT2D eigenvalue weighted by atomic mass is 10.0. The van der Waals surface area contributed by atoms with Crippen molar-refractivity contribution in [2.45, 2.75) is 50.1 Å². The monoisotopic (exact) mass is 549 g/mol. The summed E-state index contributed by atoms with van der Waals surface area (Å²) in [7, 11) is 0. The van der Waals surface area contributed by atoms with Crippen LogP contribution in [-0.4, -0.2) is 30.8 Å². The number of carbonyl (C=O) groups is 1. The molecular weight excluding hydrogens is 521 g/mol. The zero-order chi connectivity index (χ0) is 28.1. The molecule has 1 aromatic heterocycles. The zero-order valence-electron chi connectivity index (χ0n) is 21.9. The third-order valence-corrected chi connectivity index (χ3v) is 7.00. The number of thioether (sulfide) groups is 1. The van der Waals surface area contributed by atoms with Crippen molar-refractivity contribution in [3.05, 3.63) is 100 Å². The summed E-state index contributed by atoms with van der Waals surface area (Å²) in [6.07, 6.45) is -0.458. The second-order valence-electron chi connectivity index (χ2n) is 9.17. The van der Waals surface area contributed by atoms with Crippen LogP contribution in [0.5, 0.6) is 5.75 Å². The average Bonchev–Trinajstić information content (AvgIpc) is 3.34. The van der Waals surface area contributed by atoms with E-state index in [9.17, 15) is 19.3 Å². The summed E-state index contributed by atoms with van der Waals surface area (Å²) in [6, 6.07) is 20.6.